The summed E-state index contributed by atoms with van der Waals surface area (Å²) in [7, 11) is 0. The number of benzene rings is 1. The van der Waals surface area contributed by atoms with Crippen LogP contribution in [0.15, 0.2) is 36.5 Å². The van der Waals surface area contributed by atoms with Crippen molar-refractivity contribution >= 4 is 16.7 Å². The molecule has 0 amide bonds. The molecular formula is C19H16N2O3. The van der Waals surface area contributed by atoms with Crippen LogP contribution < -0.4 is 0 Å². The Morgan fingerprint density at radius 2 is 1.88 bits per heavy atom. The number of hydrogen-bond donors (Lipinski definition) is 2. The number of fused-ring (bicyclic) bond motifs is 3. The summed E-state index contributed by atoms with van der Waals surface area (Å²) in [6.45, 7) is 0. The number of nitrogens with zero attached hydrogens (tertiary/aromatic N) is 2. The maximum Gasteiger partial charge on any atom is 0.202 e. The van der Waals surface area contributed by atoms with Gasteiger partial charge >= 0.3 is 0 Å². The number of carbonyl (C=O) groups is 1. The van der Waals surface area contributed by atoms with Crippen molar-refractivity contribution in [3.8, 4) is 17.4 Å². The molecule has 5 heteroatoms. The van der Waals surface area contributed by atoms with Gasteiger partial charge < -0.3 is 10.2 Å². The molecule has 3 aromatic rings. The molecule has 2 N–H and O–H groups in total. The minimum Gasteiger partial charge on any atom is -0.494 e. The van der Waals surface area contributed by atoms with E-state index in [1.54, 1.807) is 6.20 Å². The molecule has 0 unspecified atom stereocenters. The highest BCUT2D eigenvalue weighted by molar-refractivity contribution is 5.93. The summed E-state index contributed by atoms with van der Waals surface area (Å²) < 4.78 is 1.47. The maximum absolute atomic E-state index is 12.2. The first-order chi connectivity index (χ1) is 11.7. The first-order valence-corrected chi connectivity index (χ1v) is 8.20. The van der Waals surface area contributed by atoms with Crippen molar-refractivity contribution in [2.75, 3.05) is 0 Å². The molecule has 0 saturated heterocycles. The molecule has 120 valence electrons. The van der Waals surface area contributed by atoms with Crippen LogP contribution in [-0.2, 0) is 4.79 Å². The smallest absolute Gasteiger partial charge is 0.202 e. The number of ketones is 1. The predicted octanol–water partition coefficient (Wildman–Crippen LogP) is 3.37. The zero-order valence-corrected chi connectivity index (χ0v) is 12.9. The number of aromatic hydroxyl groups is 2. The molecule has 5 nitrogen and oxygen atoms in total. The van der Waals surface area contributed by atoms with Crippen molar-refractivity contribution in [3.05, 3.63) is 47.7 Å². The number of carbonyl (C=O) groups excluding carboxylic acids is 1. The van der Waals surface area contributed by atoms with Gasteiger partial charge in [-0.05, 0) is 43.0 Å². The standard InChI is InChI=1S/C19H16N2O3/c22-15-9-10-6-7-12(15)17-16(10)18(23)21(19(17)24)14-5-1-4-13-11(14)3-2-8-20-13/h1-5,8,10,12,23-24H,6-7,9H2/t10-,12+/m0/s1. The lowest BCUT2D eigenvalue weighted by molar-refractivity contribution is -0.123. The van der Waals surface area contributed by atoms with Gasteiger partial charge in [-0.15, -0.1) is 0 Å². The second-order valence-corrected chi connectivity index (χ2v) is 6.65. The summed E-state index contributed by atoms with van der Waals surface area (Å²) in [4.78, 5) is 16.6. The fourth-order valence-corrected chi connectivity index (χ4v) is 4.41. The number of rotatable bonds is 1. The van der Waals surface area contributed by atoms with Crippen LogP contribution in [0.25, 0.3) is 16.6 Å². The lowest BCUT2D eigenvalue weighted by atomic mass is 9.67. The molecule has 2 bridgehead atoms. The molecule has 0 aliphatic heterocycles. The van der Waals surface area contributed by atoms with Gasteiger partial charge in [-0.25, -0.2) is 0 Å². The third-order valence-electron chi connectivity index (χ3n) is 5.46. The molecule has 6 rings (SSSR count). The molecule has 0 spiro atoms. The van der Waals surface area contributed by atoms with Crippen LogP contribution in [0.4, 0.5) is 0 Å². The van der Waals surface area contributed by atoms with E-state index in [9.17, 15) is 15.0 Å². The van der Waals surface area contributed by atoms with E-state index in [1.807, 2.05) is 30.3 Å². The van der Waals surface area contributed by atoms with Gasteiger partial charge in [0.15, 0.2) is 0 Å². The third-order valence-corrected chi connectivity index (χ3v) is 5.46. The summed E-state index contributed by atoms with van der Waals surface area (Å²) in [6.07, 6.45) is 3.82. The SMILES string of the molecule is O=C1C[C@@H]2CC[C@H]1c1c2c(O)n(-c2cccc3ncccc23)c1O. The summed E-state index contributed by atoms with van der Waals surface area (Å²) in [5.74, 6) is -0.0588. The van der Waals surface area contributed by atoms with Crippen molar-refractivity contribution in [2.24, 2.45) is 0 Å². The second-order valence-electron chi connectivity index (χ2n) is 6.65. The lowest BCUT2D eigenvalue weighted by Gasteiger charge is -2.34. The highest BCUT2D eigenvalue weighted by Gasteiger charge is 2.45. The van der Waals surface area contributed by atoms with Gasteiger partial charge in [0.05, 0.1) is 11.2 Å². The Bertz CT molecular complexity index is 1000. The van der Waals surface area contributed by atoms with Crippen LogP contribution in [-0.4, -0.2) is 25.5 Å². The van der Waals surface area contributed by atoms with Crippen LogP contribution in [0.1, 0.15) is 42.2 Å². The number of aromatic nitrogens is 2. The van der Waals surface area contributed by atoms with Crippen molar-refractivity contribution in [1.82, 2.24) is 9.55 Å². The fourth-order valence-electron chi connectivity index (χ4n) is 4.41. The van der Waals surface area contributed by atoms with Gasteiger partial charge in [-0.3, -0.25) is 14.3 Å². The topological polar surface area (TPSA) is 75.3 Å². The Hall–Kier alpha value is -2.82. The summed E-state index contributed by atoms with van der Waals surface area (Å²) in [5.41, 5.74) is 2.85. The molecule has 1 aromatic carbocycles. The molecular weight excluding hydrogens is 304 g/mol. The van der Waals surface area contributed by atoms with Crippen LogP contribution >= 0.6 is 0 Å². The van der Waals surface area contributed by atoms with Crippen LogP contribution in [0.3, 0.4) is 0 Å². The number of Topliss-reactive ketones (excluding diaryl/α,β-unsaturated/α-hetero) is 1. The van der Waals surface area contributed by atoms with Crippen molar-refractivity contribution in [1.29, 1.82) is 0 Å². The molecule has 2 aromatic heterocycles. The Balaban J connectivity index is 1.84. The molecule has 2 atom stereocenters. The van der Waals surface area contributed by atoms with Gasteiger partial charge in [0, 0.05) is 35.0 Å². The number of hydrogen-bond acceptors (Lipinski definition) is 4. The Morgan fingerprint density at radius 1 is 1.04 bits per heavy atom. The summed E-state index contributed by atoms with van der Waals surface area (Å²) in [5, 5.41) is 22.5. The van der Waals surface area contributed by atoms with E-state index in [0.717, 1.165) is 29.3 Å². The van der Waals surface area contributed by atoms with Gasteiger partial charge in [0.1, 0.15) is 5.78 Å². The Kier molecular flexibility index (Phi) is 2.61. The molecule has 2 heterocycles. The van der Waals surface area contributed by atoms with Crippen LogP contribution in [0.2, 0.25) is 0 Å². The van der Waals surface area contributed by atoms with Gasteiger partial charge in [0.25, 0.3) is 0 Å². The monoisotopic (exact) mass is 320 g/mol. The van der Waals surface area contributed by atoms with Gasteiger partial charge in [-0.2, -0.15) is 0 Å². The van der Waals surface area contributed by atoms with E-state index in [0.29, 0.717) is 17.7 Å². The molecule has 24 heavy (non-hydrogen) atoms. The Labute approximate surface area is 138 Å². The average molecular weight is 320 g/mol. The first kappa shape index (κ1) is 13.6. The number of pyridine rings is 1. The van der Waals surface area contributed by atoms with E-state index in [4.69, 9.17) is 0 Å². The van der Waals surface area contributed by atoms with Crippen LogP contribution in [0, 0.1) is 0 Å². The second kappa shape index (κ2) is 4.60. The molecule has 1 saturated carbocycles. The highest BCUT2D eigenvalue weighted by atomic mass is 16.3. The zero-order chi connectivity index (χ0) is 16.4. The summed E-state index contributed by atoms with van der Waals surface area (Å²) >= 11 is 0. The largest absolute Gasteiger partial charge is 0.494 e. The van der Waals surface area contributed by atoms with Gasteiger partial charge in [-0.1, -0.05) is 6.07 Å². The first-order valence-electron chi connectivity index (χ1n) is 8.20. The minimum atomic E-state index is -0.287. The summed E-state index contributed by atoms with van der Waals surface area (Å²) in [6, 6.07) is 9.33. The predicted molar refractivity (Wildman–Crippen MR) is 88.7 cm³/mol. The molecule has 0 radical (unpaired) electrons. The zero-order valence-electron chi connectivity index (χ0n) is 12.9. The highest BCUT2D eigenvalue weighted by Crippen LogP contribution is 2.56. The van der Waals surface area contributed by atoms with Gasteiger partial charge in [0.2, 0.25) is 11.8 Å². The van der Waals surface area contributed by atoms with E-state index >= 15 is 0 Å². The molecule has 3 aliphatic carbocycles. The van der Waals surface area contributed by atoms with Crippen LogP contribution in [0.5, 0.6) is 11.8 Å². The normalized spacial score (nSPS) is 22.1. The van der Waals surface area contributed by atoms with E-state index in [-0.39, 0.29) is 29.4 Å². The van der Waals surface area contributed by atoms with E-state index < -0.39 is 0 Å². The molecule has 3 aliphatic rings. The van der Waals surface area contributed by atoms with Crippen molar-refractivity contribution < 1.29 is 15.0 Å². The average Bonchev–Trinajstić information content (AvgIpc) is 2.88. The lowest BCUT2D eigenvalue weighted by Crippen LogP contribution is -2.28. The maximum atomic E-state index is 12.2. The quantitative estimate of drug-likeness (QED) is 0.721. The molecule has 1 fully saturated rings. The van der Waals surface area contributed by atoms with Crippen molar-refractivity contribution in [2.45, 2.75) is 31.1 Å². The van der Waals surface area contributed by atoms with E-state index in [1.165, 1.54) is 4.57 Å². The van der Waals surface area contributed by atoms with Crippen molar-refractivity contribution in [3.63, 3.8) is 0 Å². The Morgan fingerprint density at radius 3 is 2.71 bits per heavy atom. The fraction of sp³-hybridized carbons (Fsp3) is 0.263. The third kappa shape index (κ3) is 1.59. The minimum absolute atomic E-state index is 0.0118. The van der Waals surface area contributed by atoms with E-state index in [2.05, 4.69) is 4.98 Å².